The summed E-state index contributed by atoms with van der Waals surface area (Å²) in [6.45, 7) is 2.52. The number of nitrogens with zero attached hydrogens (tertiary/aromatic N) is 2. The molecule has 0 saturated carbocycles. The maximum atomic E-state index is 11.8. The summed E-state index contributed by atoms with van der Waals surface area (Å²) in [5.74, 6) is -0.245. The number of thiazole rings is 1. The number of rotatable bonds is 3. The molecule has 0 aliphatic carbocycles. The minimum absolute atomic E-state index is 0.0995. The third-order valence-corrected chi connectivity index (χ3v) is 3.67. The summed E-state index contributed by atoms with van der Waals surface area (Å²) in [6, 6.07) is -0.264. The lowest BCUT2D eigenvalue weighted by molar-refractivity contribution is -0.148. The van der Waals surface area contributed by atoms with Crippen LogP contribution < -0.4 is 5.32 Å². The van der Waals surface area contributed by atoms with Crippen molar-refractivity contribution in [3.8, 4) is 0 Å². The average molecular weight is 253 g/mol. The number of aromatic nitrogens is 1. The summed E-state index contributed by atoms with van der Waals surface area (Å²) in [5, 5.41) is 6.15. The number of amides is 2. The Morgan fingerprint density at radius 1 is 1.59 bits per heavy atom. The van der Waals surface area contributed by atoms with Crippen LogP contribution in [0.15, 0.2) is 5.38 Å². The largest absolute Gasteiger partial charge is 0.300 e. The van der Waals surface area contributed by atoms with Gasteiger partial charge in [0.1, 0.15) is 0 Å². The first-order valence-electron chi connectivity index (χ1n) is 5.52. The van der Waals surface area contributed by atoms with E-state index in [1.165, 1.54) is 11.9 Å². The number of likely N-dealkylation sites (N-methyl/N-ethyl adjacent to an activating group) is 1. The molecule has 2 amide bonds. The van der Waals surface area contributed by atoms with E-state index in [1.807, 2.05) is 12.3 Å². The lowest BCUT2D eigenvalue weighted by atomic mass is 10.0. The van der Waals surface area contributed by atoms with Gasteiger partial charge in [-0.2, -0.15) is 0 Å². The van der Waals surface area contributed by atoms with Crippen molar-refractivity contribution in [2.45, 2.75) is 32.4 Å². The Morgan fingerprint density at radius 3 is 3.00 bits per heavy atom. The first-order valence-corrected chi connectivity index (χ1v) is 6.40. The molecule has 92 valence electrons. The molecular weight excluding hydrogens is 238 g/mol. The zero-order chi connectivity index (χ0) is 12.4. The number of hydrogen-bond donors (Lipinski definition) is 1. The summed E-state index contributed by atoms with van der Waals surface area (Å²) in [6.07, 6.45) is 1.00. The highest BCUT2D eigenvalue weighted by atomic mass is 32.1. The summed E-state index contributed by atoms with van der Waals surface area (Å²) >= 11 is 1.59. The molecule has 2 heterocycles. The second kappa shape index (κ2) is 4.93. The van der Waals surface area contributed by atoms with E-state index in [9.17, 15) is 9.59 Å². The number of aryl methyl sites for hydroxylation is 1. The first-order chi connectivity index (χ1) is 8.08. The zero-order valence-corrected chi connectivity index (χ0v) is 10.7. The van der Waals surface area contributed by atoms with E-state index < -0.39 is 0 Å². The molecule has 1 aromatic rings. The molecule has 1 unspecified atom stereocenters. The fraction of sp³-hybridized carbons (Fsp3) is 0.545. The molecule has 0 bridgehead atoms. The van der Waals surface area contributed by atoms with Gasteiger partial charge >= 0.3 is 0 Å². The molecular formula is C11H15N3O2S. The van der Waals surface area contributed by atoms with Crippen molar-refractivity contribution in [3.63, 3.8) is 0 Å². The number of likely N-dealkylation sites (tertiary alicyclic amines) is 1. The average Bonchev–Trinajstić information content (AvgIpc) is 2.71. The van der Waals surface area contributed by atoms with Gasteiger partial charge in [0.25, 0.3) is 0 Å². The molecule has 1 fully saturated rings. The fourth-order valence-corrected chi connectivity index (χ4v) is 2.43. The molecule has 5 nitrogen and oxygen atoms in total. The molecule has 1 aliphatic rings. The van der Waals surface area contributed by atoms with Crippen molar-refractivity contribution in [2.24, 2.45) is 0 Å². The van der Waals surface area contributed by atoms with Gasteiger partial charge in [-0.15, -0.1) is 11.3 Å². The van der Waals surface area contributed by atoms with Crippen molar-refractivity contribution in [3.05, 3.63) is 16.1 Å². The van der Waals surface area contributed by atoms with Crippen LogP contribution in [0.25, 0.3) is 0 Å². The number of carbonyl (C=O) groups is 2. The highest BCUT2D eigenvalue weighted by molar-refractivity contribution is 7.09. The van der Waals surface area contributed by atoms with E-state index >= 15 is 0 Å². The Hall–Kier alpha value is -1.27. The molecule has 1 aliphatic heterocycles. The predicted octanol–water partition coefficient (Wildman–Crippen LogP) is 0.689. The van der Waals surface area contributed by atoms with Gasteiger partial charge in [-0.1, -0.05) is 0 Å². The van der Waals surface area contributed by atoms with E-state index in [1.54, 1.807) is 11.3 Å². The second-order valence-electron chi connectivity index (χ2n) is 4.12. The normalized spacial score (nSPS) is 21.1. The molecule has 0 spiro atoms. The van der Waals surface area contributed by atoms with Crippen molar-refractivity contribution >= 4 is 23.2 Å². The zero-order valence-electron chi connectivity index (χ0n) is 9.90. The van der Waals surface area contributed by atoms with Crippen LogP contribution in [-0.2, 0) is 16.1 Å². The highest BCUT2D eigenvalue weighted by Crippen LogP contribution is 2.13. The quantitative estimate of drug-likeness (QED) is 0.805. The Labute approximate surface area is 104 Å². The van der Waals surface area contributed by atoms with Gasteiger partial charge in [-0.05, 0) is 13.3 Å². The summed E-state index contributed by atoms with van der Waals surface area (Å²) in [7, 11) is 1.53. The van der Waals surface area contributed by atoms with E-state index in [4.69, 9.17) is 0 Å². The minimum atomic E-state index is -0.264. The fourth-order valence-electron chi connectivity index (χ4n) is 1.82. The van der Waals surface area contributed by atoms with Crippen LogP contribution >= 0.6 is 11.3 Å². The molecule has 0 radical (unpaired) electrons. The first kappa shape index (κ1) is 12.2. The lowest BCUT2D eigenvalue weighted by Gasteiger charge is -2.28. The molecule has 1 saturated heterocycles. The van der Waals surface area contributed by atoms with Gasteiger partial charge in [0.05, 0.1) is 16.7 Å². The van der Waals surface area contributed by atoms with Gasteiger partial charge in [-0.3, -0.25) is 14.5 Å². The van der Waals surface area contributed by atoms with Gasteiger partial charge in [0, 0.05) is 25.4 Å². The van der Waals surface area contributed by atoms with Crippen LogP contribution in [0.5, 0.6) is 0 Å². The van der Waals surface area contributed by atoms with Crippen molar-refractivity contribution in [1.29, 1.82) is 0 Å². The third-order valence-electron chi connectivity index (χ3n) is 2.85. The lowest BCUT2D eigenvalue weighted by Crippen LogP contribution is -2.51. The number of piperidine rings is 1. The maximum Gasteiger partial charge on any atom is 0.246 e. The predicted molar refractivity (Wildman–Crippen MR) is 64.5 cm³/mol. The van der Waals surface area contributed by atoms with Gasteiger partial charge in [0.2, 0.25) is 11.8 Å². The van der Waals surface area contributed by atoms with Crippen molar-refractivity contribution in [2.75, 3.05) is 7.05 Å². The molecule has 1 atom stereocenters. The Kier molecular flexibility index (Phi) is 3.54. The number of imide groups is 1. The van der Waals surface area contributed by atoms with Gasteiger partial charge in [0.15, 0.2) is 0 Å². The van der Waals surface area contributed by atoms with Crippen LogP contribution in [0.1, 0.15) is 23.5 Å². The van der Waals surface area contributed by atoms with Crippen LogP contribution in [-0.4, -0.2) is 34.8 Å². The summed E-state index contributed by atoms with van der Waals surface area (Å²) in [5.41, 5.74) is 0.944. The summed E-state index contributed by atoms with van der Waals surface area (Å²) < 4.78 is 0. The molecule has 1 aromatic heterocycles. The topological polar surface area (TPSA) is 62.3 Å². The standard InChI is InChI=1S/C11H15N3O2S/c1-7-13-8(6-17-7)5-12-9-3-4-10(15)14(2)11(9)16/h6,9,12H,3-5H2,1-2H3. The van der Waals surface area contributed by atoms with E-state index in [2.05, 4.69) is 10.3 Å². The molecule has 1 N–H and O–H groups in total. The Bertz CT molecular complexity index is 444. The van der Waals surface area contributed by atoms with E-state index in [0.717, 1.165) is 10.7 Å². The maximum absolute atomic E-state index is 11.8. The van der Waals surface area contributed by atoms with Crippen LogP contribution in [0.2, 0.25) is 0 Å². The smallest absolute Gasteiger partial charge is 0.246 e. The molecule has 0 aromatic carbocycles. The summed E-state index contributed by atoms with van der Waals surface area (Å²) in [4.78, 5) is 28.6. The SMILES string of the molecule is Cc1nc(CNC2CCC(=O)N(C)C2=O)cs1. The van der Waals surface area contributed by atoms with Gasteiger partial charge < -0.3 is 5.32 Å². The number of carbonyl (C=O) groups excluding carboxylic acids is 2. The third kappa shape index (κ3) is 2.70. The number of hydrogen-bond acceptors (Lipinski definition) is 5. The Balaban J connectivity index is 1.91. The van der Waals surface area contributed by atoms with Gasteiger partial charge in [-0.25, -0.2) is 4.98 Å². The van der Waals surface area contributed by atoms with Crippen LogP contribution in [0.4, 0.5) is 0 Å². The second-order valence-corrected chi connectivity index (χ2v) is 5.18. The van der Waals surface area contributed by atoms with Crippen molar-refractivity contribution in [1.82, 2.24) is 15.2 Å². The van der Waals surface area contributed by atoms with Crippen molar-refractivity contribution < 1.29 is 9.59 Å². The highest BCUT2D eigenvalue weighted by Gasteiger charge is 2.31. The Morgan fingerprint density at radius 2 is 2.35 bits per heavy atom. The van der Waals surface area contributed by atoms with E-state index in [0.29, 0.717) is 19.4 Å². The van der Waals surface area contributed by atoms with Crippen LogP contribution in [0, 0.1) is 6.92 Å². The molecule has 2 rings (SSSR count). The monoisotopic (exact) mass is 253 g/mol. The minimum Gasteiger partial charge on any atom is -0.300 e. The van der Waals surface area contributed by atoms with E-state index in [-0.39, 0.29) is 17.9 Å². The van der Waals surface area contributed by atoms with Crippen LogP contribution in [0.3, 0.4) is 0 Å². The molecule has 6 heteroatoms. The number of nitrogens with one attached hydrogen (secondary N) is 1. The molecule has 17 heavy (non-hydrogen) atoms.